The first-order valence-electron chi connectivity index (χ1n) is 12.9. The molecule has 2 aliphatic heterocycles. The van der Waals surface area contributed by atoms with E-state index in [2.05, 4.69) is 5.32 Å². The lowest BCUT2D eigenvalue weighted by Gasteiger charge is -2.43. The summed E-state index contributed by atoms with van der Waals surface area (Å²) in [5, 5.41) is 13.7. The molecule has 11 heteroatoms. The van der Waals surface area contributed by atoms with Crippen LogP contribution in [-0.2, 0) is 22.3 Å². The molecule has 2 aromatic rings. The van der Waals surface area contributed by atoms with E-state index in [1.165, 1.54) is 36.4 Å². The SMILES string of the molecule is CN(C(=O)C1CCN(C(=O)OCc2ccccc2)CC1)C(C(O)c1cccc(C(F)(F)F)c1)C1(F)C=CC=CN1. The Hall–Kier alpha value is -3.86. The van der Waals surface area contributed by atoms with E-state index in [0.717, 1.165) is 34.7 Å². The first-order chi connectivity index (χ1) is 19.0. The van der Waals surface area contributed by atoms with Gasteiger partial charge in [0.15, 0.2) is 0 Å². The van der Waals surface area contributed by atoms with Crippen molar-refractivity contribution in [2.75, 3.05) is 20.1 Å². The van der Waals surface area contributed by atoms with Crippen LogP contribution in [0.15, 0.2) is 79.0 Å². The Balaban J connectivity index is 1.46. The highest BCUT2D eigenvalue weighted by Crippen LogP contribution is 2.36. The van der Waals surface area contributed by atoms with E-state index in [0.29, 0.717) is 0 Å². The fourth-order valence-electron chi connectivity index (χ4n) is 5.01. The second-order valence-corrected chi connectivity index (χ2v) is 9.89. The molecule has 214 valence electrons. The van der Waals surface area contributed by atoms with Gasteiger partial charge in [-0.2, -0.15) is 13.2 Å². The normalized spacial score (nSPS) is 20.9. The summed E-state index contributed by atoms with van der Waals surface area (Å²) in [7, 11) is 1.32. The number of amides is 2. The molecule has 2 aromatic carbocycles. The number of carbonyl (C=O) groups is 2. The second-order valence-electron chi connectivity index (χ2n) is 9.89. The minimum absolute atomic E-state index is 0.115. The van der Waals surface area contributed by atoms with Crippen molar-refractivity contribution in [3.8, 4) is 0 Å². The molecule has 4 rings (SSSR count). The van der Waals surface area contributed by atoms with Gasteiger partial charge in [-0.1, -0.05) is 48.5 Å². The summed E-state index contributed by atoms with van der Waals surface area (Å²) in [4.78, 5) is 28.6. The summed E-state index contributed by atoms with van der Waals surface area (Å²) >= 11 is 0. The van der Waals surface area contributed by atoms with Gasteiger partial charge >= 0.3 is 12.3 Å². The molecule has 2 aliphatic rings. The van der Waals surface area contributed by atoms with Crippen LogP contribution in [0.4, 0.5) is 22.4 Å². The molecule has 2 N–H and O–H groups in total. The van der Waals surface area contributed by atoms with Crippen molar-refractivity contribution in [2.45, 2.75) is 43.6 Å². The molecule has 0 spiro atoms. The summed E-state index contributed by atoms with van der Waals surface area (Å²) in [5.74, 6) is -3.55. The van der Waals surface area contributed by atoms with Gasteiger partial charge < -0.3 is 25.0 Å². The Morgan fingerprint density at radius 1 is 1.12 bits per heavy atom. The second kappa shape index (κ2) is 12.1. The van der Waals surface area contributed by atoms with Crippen molar-refractivity contribution >= 4 is 12.0 Å². The van der Waals surface area contributed by atoms with Crippen LogP contribution in [0.25, 0.3) is 0 Å². The van der Waals surface area contributed by atoms with Crippen molar-refractivity contribution < 1.29 is 37.0 Å². The average molecular weight is 562 g/mol. The topological polar surface area (TPSA) is 82.1 Å². The van der Waals surface area contributed by atoms with Crippen molar-refractivity contribution in [2.24, 2.45) is 5.92 Å². The van der Waals surface area contributed by atoms with Crippen molar-refractivity contribution in [3.05, 3.63) is 95.7 Å². The third kappa shape index (κ3) is 6.64. The van der Waals surface area contributed by atoms with E-state index in [9.17, 15) is 27.9 Å². The Kier molecular flexibility index (Phi) is 8.82. The molecule has 0 aliphatic carbocycles. The zero-order chi connectivity index (χ0) is 28.9. The number of aliphatic hydroxyl groups excluding tert-OH is 1. The van der Waals surface area contributed by atoms with Gasteiger partial charge in [0.25, 0.3) is 0 Å². The fraction of sp³-hybridized carbons (Fsp3) is 0.379. The number of carbonyl (C=O) groups excluding carboxylic acids is 2. The molecule has 0 bridgehead atoms. The minimum atomic E-state index is -4.66. The number of dihydropyridines is 1. The van der Waals surface area contributed by atoms with Crippen molar-refractivity contribution in [1.29, 1.82) is 0 Å². The van der Waals surface area contributed by atoms with Crippen LogP contribution >= 0.6 is 0 Å². The molecule has 1 fully saturated rings. The van der Waals surface area contributed by atoms with E-state index in [4.69, 9.17) is 4.74 Å². The molecule has 7 nitrogen and oxygen atoms in total. The van der Waals surface area contributed by atoms with Gasteiger partial charge in [-0.15, -0.1) is 0 Å². The zero-order valence-electron chi connectivity index (χ0n) is 21.9. The third-order valence-corrected chi connectivity index (χ3v) is 7.21. The van der Waals surface area contributed by atoms with Crippen molar-refractivity contribution in [3.63, 3.8) is 0 Å². The molecule has 40 heavy (non-hydrogen) atoms. The lowest BCUT2D eigenvalue weighted by molar-refractivity contribution is -0.146. The summed E-state index contributed by atoms with van der Waals surface area (Å²) < 4.78 is 61.5. The average Bonchev–Trinajstić information content (AvgIpc) is 2.96. The van der Waals surface area contributed by atoms with Crippen LogP contribution in [0.2, 0.25) is 0 Å². The molecule has 2 heterocycles. The van der Waals surface area contributed by atoms with Crippen LogP contribution in [0.5, 0.6) is 0 Å². The fourth-order valence-corrected chi connectivity index (χ4v) is 5.01. The first kappa shape index (κ1) is 29.1. The maximum atomic E-state index is 16.2. The Labute approximate surface area is 229 Å². The number of rotatable bonds is 7. The highest BCUT2D eigenvalue weighted by Gasteiger charge is 2.47. The molecular weight excluding hydrogens is 530 g/mol. The summed E-state index contributed by atoms with van der Waals surface area (Å²) in [6, 6.07) is 11.6. The summed E-state index contributed by atoms with van der Waals surface area (Å²) in [5.41, 5.74) is -0.339. The molecule has 3 unspecified atom stereocenters. The minimum Gasteiger partial charge on any atom is -0.445 e. The van der Waals surface area contributed by atoms with Gasteiger partial charge in [0.1, 0.15) is 18.8 Å². The molecule has 0 aromatic heterocycles. The van der Waals surface area contributed by atoms with Gasteiger partial charge in [-0.25, -0.2) is 9.18 Å². The van der Waals surface area contributed by atoms with E-state index in [1.54, 1.807) is 0 Å². The number of halogens is 4. The Morgan fingerprint density at radius 2 is 1.82 bits per heavy atom. The lowest BCUT2D eigenvalue weighted by atomic mass is 9.88. The number of nitrogens with one attached hydrogen (secondary N) is 1. The maximum Gasteiger partial charge on any atom is 0.416 e. The molecule has 1 saturated heterocycles. The zero-order valence-corrected chi connectivity index (χ0v) is 21.9. The lowest BCUT2D eigenvalue weighted by Crippen LogP contribution is -2.60. The van der Waals surface area contributed by atoms with Crippen LogP contribution in [-0.4, -0.2) is 58.9 Å². The number of ether oxygens (including phenoxy) is 1. The highest BCUT2D eigenvalue weighted by atomic mass is 19.4. The molecule has 2 amide bonds. The Morgan fingerprint density at radius 3 is 2.45 bits per heavy atom. The van der Waals surface area contributed by atoms with Crippen LogP contribution < -0.4 is 5.32 Å². The van der Waals surface area contributed by atoms with Gasteiger partial charge in [0.2, 0.25) is 11.7 Å². The number of likely N-dealkylation sites (N-methyl/N-ethyl adjacent to an activating group) is 1. The van der Waals surface area contributed by atoms with Crippen LogP contribution in [0.3, 0.4) is 0 Å². The van der Waals surface area contributed by atoms with E-state index in [1.807, 2.05) is 30.3 Å². The number of benzene rings is 2. The van der Waals surface area contributed by atoms with E-state index in [-0.39, 0.29) is 38.1 Å². The highest BCUT2D eigenvalue weighted by molar-refractivity contribution is 5.80. The number of likely N-dealkylation sites (tertiary alicyclic amines) is 1. The first-order valence-corrected chi connectivity index (χ1v) is 12.9. The number of aliphatic hydroxyl groups is 1. The van der Waals surface area contributed by atoms with Crippen molar-refractivity contribution in [1.82, 2.24) is 15.1 Å². The molecular formula is C29H31F4N3O4. The van der Waals surface area contributed by atoms with Crippen LogP contribution in [0.1, 0.15) is 35.6 Å². The number of hydrogen-bond acceptors (Lipinski definition) is 5. The number of nitrogens with zero attached hydrogens (tertiary/aromatic N) is 2. The van der Waals surface area contributed by atoms with Gasteiger partial charge in [0.05, 0.1) is 5.56 Å². The van der Waals surface area contributed by atoms with E-state index < -0.39 is 47.6 Å². The van der Waals surface area contributed by atoms with Gasteiger partial charge in [-0.05, 0) is 54.5 Å². The largest absolute Gasteiger partial charge is 0.445 e. The maximum absolute atomic E-state index is 16.2. The summed E-state index contributed by atoms with van der Waals surface area (Å²) in [6.07, 6.45) is -1.10. The number of alkyl halides is 4. The smallest absolute Gasteiger partial charge is 0.416 e. The predicted octanol–water partition coefficient (Wildman–Crippen LogP) is 4.95. The monoisotopic (exact) mass is 561 g/mol. The number of hydrogen-bond donors (Lipinski definition) is 2. The van der Waals surface area contributed by atoms with E-state index >= 15 is 4.39 Å². The molecule has 0 radical (unpaired) electrons. The summed E-state index contributed by atoms with van der Waals surface area (Å²) in [6.45, 7) is 0.588. The predicted molar refractivity (Wildman–Crippen MR) is 139 cm³/mol. The quantitative estimate of drug-likeness (QED) is 0.369. The van der Waals surface area contributed by atoms with Crippen LogP contribution in [0, 0.1) is 5.92 Å². The molecule has 3 atom stereocenters. The number of allylic oxidation sites excluding steroid dienone is 2. The van der Waals surface area contributed by atoms with Gasteiger partial charge in [-0.3, -0.25) is 4.79 Å². The number of piperidine rings is 1. The molecule has 0 saturated carbocycles. The standard InChI is InChI=1S/C29H31F4N3O4/c1-35(26(38)21-12-16-36(17-13-21)27(39)40-19-20-8-3-2-4-9-20)25(28(30)14-5-6-15-34-28)24(37)22-10-7-11-23(18-22)29(31,32)33/h2-11,14-15,18,21,24-25,34,37H,12-13,16-17,19H2,1H3. The third-order valence-electron chi connectivity index (χ3n) is 7.21. The Bertz CT molecular complexity index is 1250. The van der Waals surface area contributed by atoms with Gasteiger partial charge in [0, 0.05) is 26.1 Å².